The number of hydrogen-bond donors (Lipinski definition) is 1. The van der Waals surface area contributed by atoms with Crippen molar-refractivity contribution in [1.29, 1.82) is 0 Å². The van der Waals surface area contributed by atoms with Gasteiger partial charge in [-0.2, -0.15) is 0 Å². The van der Waals surface area contributed by atoms with Gasteiger partial charge in [-0.15, -0.1) is 0 Å². The van der Waals surface area contributed by atoms with E-state index in [9.17, 15) is 4.79 Å². The molecule has 4 heteroatoms. The number of benzene rings is 2. The van der Waals surface area contributed by atoms with Gasteiger partial charge in [-0.1, -0.05) is 12.1 Å². The maximum atomic E-state index is 11.2. The Morgan fingerprint density at radius 3 is 2.74 bits per heavy atom. The molecular weight excluding hydrogens is 238 g/mol. The molecule has 0 radical (unpaired) electrons. The molecule has 3 aromatic rings. The van der Waals surface area contributed by atoms with Gasteiger partial charge in [0.25, 0.3) is 0 Å². The highest BCUT2D eigenvalue weighted by Gasteiger charge is 2.08. The topological polar surface area (TPSA) is 60.9 Å². The molecule has 0 saturated carbocycles. The molecule has 94 valence electrons. The van der Waals surface area contributed by atoms with Gasteiger partial charge in [0.05, 0.1) is 11.0 Å². The summed E-state index contributed by atoms with van der Waals surface area (Å²) in [4.78, 5) is 15.6. The van der Waals surface area contributed by atoms with Gasteiger partial charge >= 0.3 is 0 Å². The molecule has 0 aliphatic rings. The van der Waals surface area contributed by atoms with Gasteiger partial charge in [0, 0.05) is 11.3 Å². The van der Waals surface area contributed by atoms with Crippen LogP contribution in [0.1, 0.15) is 15.9 Å². The van der Waals surface area contributed by atoms with Crippen molar-refractivity contribution in [2.75, 3.05) is 0 Å². The number of hydrogen-bond acceptors (Lipinski definition) is 2. The fourth-order valence-corrected chi connectivity index (χ4v) is 2.24. The lowest BCUT2D eigenvalue weighted by Gasteiger charge is -2.07. The number of para-hydroxylation sites is 2. The number of primary amides is 1. The van der Waals surface area contributed by atoms with Crippen LogP contribution in [-0.2, 0) is 0 Å². The van der Waals surface area contributed by atoms with E-state index in [-0.39, 0.29) is 0 Å². The molecule has 4 nitrogen and oxygen atoms in total. The molecule has 1 heterocycles. The number of nitrogens with two attached hydrogens (primary N) is 1. The molecule has 0 unspecified atom stereocenters. The molecule has 19 heavy (non-hydrogen) atoms. The zero-order chi connectivity index (χ0) is 13.4. The van der Waals surface area contributed by atoms with Crippen molar-refractivity contribution in [2.24, 2.45) is 5.73 Å². The predicted molar refractivity (Wildman–Crippen MR) is 74.3 cm³/mol. The fourth-order valence-electron chi connectivity index (χ4n) is 2.24. The maximum Gasteiger partial charge on any atom is 0.248 e. The number of rotatable bonds is 2. The Balaban J connectivity index is 2.17. The van der Waals surface area contributed by atoms with Crippen molar-refractivity contribution in [3.05, 3.63) is 59.9 Å². The smallest absolute Gasteiger partial charge is 0.248 e. The van der Waals surface area contributed by atoms with Crippen LogP contribution in [0.3, 0.4) is 0 Å². The van der Waals surface area contributed by atoms with E-state index in [0.29, 0.717) is 5.56 Å². The number of fused-ring (bicyclic) bond motifs is 1. The van der Waals surface area contributed by atoms with Crippen LogP contribution in [0.25, 0.3) is 16.7 Å². The Morgan fingerprint density at radius 1 is 1.21 bits per heavy atom. The number of aromatic nitrogens is 2. The average molecular weight is 251 g/mol. The van der Waals surface area contributed by atoms with Crippen LogP contribution in [-0.4, -0.2) is 15.5 Å². The lowest BCUT2D eigenvalue weighted by Crippen LogP contribution is -2.12. The number of imidazole rings is 1. The Bertz CT molecular complexity index is 774. The minimum absolute atomic E-state index is 0.403. The van der Waals surface area contributed by atoms with Crippen molar-refractivity contribution in [1.82, 2.24) is 9.55 Å². The second-order valence-corrected chi connectivity index (χ2v) is 4.47. The third-order valence-corrected chi connectivity index (χ3v) is 3.21. The van der Waals surface area contributed by atoms with E-state index >= 15 is 0 Å². The monoisotopic (exact) mass is 251 g/mol. The summed E-state index contributed by atoms with van der Waals surface area (Å²) < 4.78 is 1.99. The molecule has 0 aliphatic heterocycles. The van der Waals surface area contributed by atoms with Crippen molar-refractivity contribution in [3.8, 4) is 5.69 Å². The van der Waals surface area contributed by atoms with E-state index in [1.165, 1.54) is 0 Å². The minimum atomic E-state index is -0.403. The first-order valence-corrected chi connectivity index (χ1v) is 6.00. The van der Waals surface area contributed by atoms with Gasteiger partial charge in [0.15, 0.2) is 0 Å². The Hall–Kier alpha value is -2.62. The summed E-state index contributed by atoms with van der Waals surface area (Å²) in [6.07, 6.45) is 1.78. The van der Waals surface area contributed by atoms with Crippen LogP contribution < -0.4 is 5.73 Å². The molecule has 2 N–H and O–H groups in total. The van der Waals surface area contributed by atoms with Crippen LogP contribution >= 0.6 is 0 Å². The standard InChI is InChI=1S/C15H13N3O/c1-10-8-11(6-7-12(10)15(16)19)18-9-17-13-4-2-3-5-14(13)18/h2-9H,1H3,(H2,16,19). The van der Waals surface area contributed by atoms with E-state index in [1.807, 2.05) is 47.9 Å². The second kappa shape index (κ2) is 4.24. The third-order valence-electron chi connectivity index (χ3n) is 3.21. The molecule has 3 rings (SSSR count). The highest BCUT2D eigenvalue weighted by Crippen LogP contribution is 2.20. The molecule has 0 bridgehead atoms. The Labute approximate surface area is 110 Å². The first kappa shape index (κ1) is 11.5. The normalized spacial score (nSPS) is 10.8. The van der Waals surface area contributed by atoms with Gasteiger partial charge in [0.1, 0.15) is 6.33 Å². The van der Waals surface area contributed by atoms with E-state index in [0.717, 1.165) is 22.3 Å². The first-order valence-electron chi connectivity index (χ1n) is 6.00. The van der Waals surface area contributed by atoms with Gasteiger partial charge in [-0.05, 0) is 42.8 Å². The minimum Gasteiger partial charge on any atom is -0.366 e. The largest absolute Gasteiger partial charge is 0.366 e. The molecule has 0 spiro atoms. The first-order chi connectivity index (χ1) is 9.16. The molecule has 0 saturated heterocycles. The average Bonchev–Trinajstić information content (AvgIpc) is 2.82. The van der Waals surface area contributed by atoms with Gasteiger partial charge in [0.2, 0.25) is 5.91 Å². The van der Waals surface area contributed by atoms with Crippen molar-refractivity contribution in [3.63, 3.8) is 0 Å². The van der Waals surface area contributed by atoms with Crippen molar-refractivity contribution < 1.29 is 4.79 Å². The summed E-state index contributed by atoms with van der Waals surface area (Å²) in [5.41, 5.74) is 9.68. The van der Waals surface area contributed by atoms with Crippen LogP contribution in [0.5, 0.6) is 0 Å². The lowest BCUT2D eigenvalue weighted by molar-refractivity contribution is 0.1000. The summed E-state index contributed by atoms with van der Waals surface area (Å²) in [5.74, 6) is -0.403. The molecule has 1 amide bonds. The van der Waals surface area contributed by atoms with Crippen molar-refractivity contribution >= 4 is 16.9 Å². The maximum absolute atomic E-state index is 11.2. The number of carbonyl (C=O) groups is 1. The van der Waals surface area contributed by atoms with Crippen LogP contribution in [0, 0.1) is 6.92 Å². The highest BCUT2D eigenvalue weighted by molar-refractivity contribution is 5.94. The SMILES string of the molecule is Cc1cc(-n2cnc3ccccc32)ccc1C(N)=O. The van der Waals surface area contributed by atoms with Crippen molar-refractivity contribution in [2.45, 2.75) is 6.92 Å². The molecule has 2 aromatic carbocycles. The summed E-state index contributed by atoms with van der Waals surface area (Å²) in [7, 11) is 0. The number of carbonyl (C=O) groups excluding carboxylic acids is 1. The van der Waals surface area contributed by atoms with Gasteiger partial charge in [-0.25, -0.2) is 4.98 Å². The quantitative estimate of drug-likeness (QED) is 0.760. The number of aryl methyl sites for hydroxylation is 1. The van der Waals surface area contributed by atoms with Gasteiger partial charge in [-0.3, -0.25) is 9.36 Å². The third kappa shape index (κ3) is 1.87. The van der Waals surface area contributed by atoms with E-state index in [2.05, 4.69) is 4.98 Å². The molecule has 0 atom stereocenters. The lowest BCUT2D eigenvalue weighted by atomic mass is 10.1. The fraction of sp³-hybridized carbons (Fsp3) is 0.0667. The molecular formula is C15H13N3O. The van der Waals surface area contributed by atoms with Crippen LogP contribution in [0.15, 0.2) is 48.8 Å². The molecule has 1 aromatic heterocycles. The highest BCUT2D eigenvalue weighted by atomic mass is 16.1. The zero-order valence-corrected chi connectivity index (χ0v) is 10.5. The zero-order valence-electron chi connectivity index (χ0n) is 10.5. The Kier molecular flexibility index (Phi) is 2.56. The van der Waals surface area contributed by atoms with E-state index in [1.54, 1.807) is 12.4 Å². The molecule has 0 fully saturated rings. The summed E-state index contributed by atoms with van der Waals surface area (Å²) in [5, 5.41) is 0. The summed E-state index contributed by atoms with van der Waals surface area (Å²) in [6.45, 7) is 1.88. The van der Waals surface area contributed by atoms with E-state index < -0.39 is 5.91 Å². The van der Waals surface area contributed by atoms with Crippen LogP contribution in [0.4, 0.5) is 0 Å². The van der Waals surface area contributed by atoms with Crippen LogP contribution in [0.2, 0.25) is 0 Å². The second-order valence-electron chi connectivity index (χ2n) is 4.47. The van der Waals surface area contributed by atoms with Gasteiger partial charge < -0.3 is 5.73 Å². The number of amides is 1. The number of nitrogens with zero attached hydrogens (tertiary/aromatic N) is 2. The predicted octanol–water partition coefficient (Wildman–Crippen LogP) is 2.43. The molecule has 0 aliphatic carbocycles. The summed E-state index contributed by atoms with van der Waals surface area (Å²) in [6, 6.07) is 13.5. The Morgan fingerprint density at radius 2 is 2.00 bits per heavy atom. The summed E-state index contributed by atoms with van der Waals surface area (Å²) >= 11 is 0. The van der Waals surface area contributed by atoms with E-state index in [4.69, 9.17) is 5.73 Å².